The Hall–Kier alpha value is -0.120. The van der Waals surface area contributed by atoms with E-state index in [0.29, 0.717) is 0 Å². The average molecular weight is 147 g/mol. The van der Waals surface area contributed by atoms with Crippen LogP contribution in [-0.2, 0) is 9.47 Å². The van der Waals surface area contributed by atoms with Gasteiger partial charge in [-0.15, -0.1) is 0 Å². The summed E-state index contributed by atoms with van der Waals surface area (Å²) < 4.78 is 10.3. The molecule has 0 aliphatic rings. The van der Waals surface area contributed by atoms with Crippen LogP contribution >= 0.6 is 0 Å². The van der Waals surface area contributed by atoms with Crippen LogP contribution in [0.1, 0.15) is 19.8 Å². The van der Waals surface area contributed by atoms with Gasteiger partial charge in [-0.1, -0.05) is 6.92 Å². The van der Waals surface area contributed by atoms with Gasteiger partial charge in [0.1, 0.15) is 0 Å². The molecule has 62 valence electrons. The molecule has 10 heavy (non-hydrogen) atoms. The van der Waals surface area contributed by atoms with Crippen molar-refractivity contribution in [2.45, 2.75) is 25.7 Å². The topological polar surface area (TPSA) is 30.5 Å². The third-order valence-corrected chi connectivity index (χ3v) is 1.62. The zero-order chi connectivity index (χ0) is 8.04. The number of methoxy groups -OCH3 is 2. The Morgan fingerprint density at radius 2 is 1.80 bits per heavy atom. The predicted octanol–water partition coefficient (Wildman–Crippen LogP) is 0.952. The first-order chi connectivity index (χ1) is 4.74. The molecule has 0 aromatic heterocycles. The SMILES string of the molecule is CCCC(NC)(OC)OC. The Labute approximate surface area is 62.7 Å². The van der Waals surface area contributed by atoms with Crippen LogP contribution in [-0.4, -0.2) is 27.2 Å². The third-order valence-electron chi connectivity index (χ3n) is 1.62. The molecule has 0 radical (unpaired) electrons. The molecule has 0 saturated heterocycles. The zero-order valence-corrected chi connectivity index (χ0v) is 7.23. The fourth-order valence-electron chi connectivity index (χ4n) is 0.946. The van der Waals surface area contributed by atoms with Crippen LogP contribution in [0.5, 0.6) is 0 Å². The molecule has 3 nitrogen and oxygen atoms in total. The Kier molecular flexibility index (Phi) is 4.60. The molecule has 0 rings (SSSR count). The molecule has 0 heterocycles. The van der Waals surface area contributed by atoms with Crippen molar-refractivity contribution in [2.24, 2.45) is 0 Å². The quantitative estimate of drug-likeness (QED) is 0.587. The van der Waals surface area contributed by atoms with Gasteiger partial charge in [-0.3, -0.25) is 5.32 Å². The summed E-state index contributed by atoms with van der Waals surface area (Å²) >= 11 is 0. The first-order valence-corrected chi connectivity index (χ1v) is 3.54. The summed E-state index contributed by atoms with van der Waals surface area (Å²) in [7, 11) is 5.09. The minimum absolute atomic E-state index is 0.575. The van der Waals surface area contributed by atoms with Gasteiger partial charge < -0.3 is 9.47 Å². The molecule has 0 atom stereocenters. The highest BCUT2D eigenvalue weighted by Crippen LogP contribution is 2.13. The van der Waals surface area contributed by atoms with Gasteiger partial charge in [0.2, 0.25) is 5.91 Å². The van der Waals surface area contributed by atoms with Crippen LogP contribution in [0, 0.1) is 0 Å². The lowest BCUT2D eigenvalue weighted by Gasteiger charge is -2.29. The van der Waals surface area contributed by atoms with E-state index in [1.165, 1.54) is 0 Å². The van der Waals surface area contributed by atoms with E-state index in [-0.39, 0.29) is 0 Å². The van der Waals surface area contributed by atoms with E-state index in [1.54, 1.807) is 14.2 Å². The molecule has 0 saturated carbocycles. The molecule has 0 aliphatic heterocycles. The van der Waals surface area contributed by atoms with E-state index in [9.17, 15) is 0 Å². The van der Waals surface area contributed by atoms with Crippen LogP contribution in [0.15, 0.2) is 0 Å². The second-order valence-corrected chi connectivity index (χ2v) is 2.16. The van der Waals surface area contributed by atoms with Gasteiger partial charge in [0.25, 0.3) is 0 Å². The number of ether oxygens (including phenoxy) is 2. The Morgan fingerprint density at radius 3 is 1.90 bits per heavy atom. The highest BCUT2D eigenvalue weighted by atomic mass is 16.7. The van der Waals surface area contributed by atoms with Crippen LogP contribution < -0.4 is 5.32 Å². The molecule has 0 amide bonds. The molecule has 0 bridgehead atoms. The van der Waals surface area contributed by atoms with E-state index in [4.69, 9.17) is 9.47 Å². The summed E-state index contributed by atoms with van der Waals surface area (Å²) in [5.41, 5.74) is 0. The van der Waals surface area contributed by atoms with Gasteiger partial charge in [0.05, 0.1) is 0 Å². The van der Waals surface area contributed by atoms with E-state index >= 15 is 0 Å². The van der Waals surface area contributed by atoms with Crippen molar-refractivity contribution in [1.29, 1.82) is 0 Å². The summed E-state index contributed by atoms with van der Waals surface area (Å²) in [4.78, 5) is 0. The summed E-state index contributed by atoms with van der Waals surface area (Å²) in [5, 5.41) is 2.97. The Balaban J connectivity index is 3.87. The second-order valence-electron chi connectivity index (χ2n) is 2.16. The van der Waals surface area contributed by atoms with Crippen molar-refractivity contribution < 1.29 is 9.47 Å². The van der Waals surface area contributed by atoms with Crippen molar-refractivity contribution in [2.75, 3.05) is 21.3 Å². The summed E-state index contributed by atoms with van der Waals surface area (Å²) in [6, 6.07) is 0. The predicted molar refractivity (Wildman–Crippen MR) is 40.7 cm³/mol. The Morgan fingerprint density at radius 1 is 1.30 bits per heavy atom. The number of nitrogens with one attached hydrogen (secondary N) is 1. The molecular formula is C7H17NO2. The maximum Gasteiger partial charge on any atom is 0.226 e. The van der Waals surface area contributed by atoms with Crippen LogP contribution in [0.3, 0.4) is 0 Å². The maximum atomic E-state index is 5.14. The van der Waals surface area contributed by atoms with Gasteiger partial charge in [0.15, 0.2) is 0 Å². The largest absolute Gasteiger partial charge is 0.341 e. The summed E-state index contributed by atoms with van der Waals surface area (Å²) in [5.74, 6) is -0.575. The van der Waals surface area contributed by atoms with E-state index in [0.717, 1.165) is 12.8 Å². The molecule has 0 aromatic carbocycles. The molecule has 3 heteroatoms. The van der Waals surface area contributed by atoms with E-state index in [2.05, 4.69) is 12.2 Å². The van der Waals surface area contributed by atoms with E-state index in [1.807, 2.05) is 7.05 Å². The number of hydrogen-bond donors (Lipinski definition) is 1. The normalized spacial score (nSPS) is 12.0. The Bertz CT molecular complexity index is 73.4. The van der Waals surface area contributed by atoms with Crippen molar-refractivity contribution >= 4 is 0 Å². The first-order valence-electron chi connectivity index (χ1n) is 3.54. The van der Waals surface area contributed by atoms with Crippen molar-refractivity contribution in [3.63, 3.8) is 0 Å². The van der Waals surface area contributed by atoms with Crippen LogP contribution in [0.25, 0.3) is 0 Å². The monoisotopic (exact) mass is 147 g/mol. The number of rotatable bonds is 5. The molecule has 0 unspecified atom stereocenters. The lowest BCUT2D eigenvalue weighted by molar-refractivity contribution is -0.228. The van der Waals surface area contributed by atoms with Crippen molar-refractivity contribution in [3.8, 4) is 0 Å². The van der Waals surface area contributed by atoms with Crippen LogP contribution in [0.2, 0.25) is 0 Å². The smallest absolute Gasteiger partial charge is 0.226 e. The van der Waals surface area contributed by atoms with Crippen molar-refractivity contribution in [3.05, 3.63) is 0 Å². The van der Waals surface area contributed by atoms with Gasteiger partial charge in [-0.05, 0) is 13.5 Å². The van der Waals surface area contributed by atoms with Gasteiger partial charge >= 0.3 is 0 Å². The fourth-order valence-corrected chi connectivity index (χ4v) is 0.946. The average Bonchev–Trinajstić information content (AvgIpc) is 2.01. The third kappa shape index (κ3) is 2.25. The maximum absolute atomic E-state index is 5.14. The standard InChI is InChI=1S/C7H17NO2/c1-5-6-7(8-2,9-3)10-4/h8H,5-6H2,1-4H3. The minimum atomic E-state index is -0.575. The van der Waals surface area contributed by atoms with Gasteiger partial charge in [-0.2, -0.15) is 0 Å². The minimum Gasteiger partial charge on any atom is -0.341 e. The molecule has 0 aromatic rings. The van der Waals surface area contributed by atoms with Gasteiger partial charge in [-0.25, -0.2) is 0 Å². The van der Waals surface area contributed by atoms with Crippen LogP contribution in [0.4, 0.5) is 0 Å². The first kappa shape index (κ1) is 9.88. The van der Waals surface area contributed by atoms with Crippen molar-refractivity contribution in [1.82, 2.24) is 5.32 Å². The molecular weight excluding hydrogens is 130 g/mol. The fraction of sp³-hybridized carbons (Fsp3) is 1.00. The molecule has 0 aliphatic carbocycles. The number of hydrogen-bond acceptors (Lipinski definition) is 3. The highest BCUT2D eigenvalue weighted by Gasteiger charge is 2.25. The van der Waals surface area contributed by atoms with Gasteiger partial charge in [0, 0.05) is 20.6 Å². The van der Waals surface area contributed by atoms with E-state index < -0.39 is 5.91 Å². The zero-order valence-electron chi connectivity index (χ0n) is 7.23. The summed E-state index contributed by atoms with van der Waals surface area (Å²) in [6.45, 7) is 2.09. The lowest BCUT2D eigenvalue weighted by Crippen LogP contribution is -2.46. The molecule has 0 spiro atoms. The molecule has 0 fully saturated rings. The lowest BCUT2D eigenvalue weighted by atomic mass is 10.2. The summed E-state index contributed by atoms with van der Waals surface area (Å²) in [6.07, 6.45) is 1.89. The second kappa shape index (κ2) is 4.66. The highest BCUT2D eigenvalue weighted by molar-refractivity contribution is 4.61. The molecule has 1 N–H and O–H groups in total.